The molecule has 0 bridgehead atoms. The molecule has 0 unspecified atom stereocenters. The largest absolute Gasteiger partial charge is 0.433 e. The van der Waals surface area contributed by atoms with Crippen LogP contribution in [0.1, 0.15) is 33.6 Å². The van der Waals surface area contributed by atoms with Crippen LogP contribution in [0.15, 0.2) is 12.3 Å². The third-order valence-corrected chi connectivity index (χ3v) is 3.18. The first kappa shape index (κ1) is 17.5. The van der Waals surface area contributed by atoms with Crippen molar-refractivity contribution in [2.45, 2.75) is 19.6 Å². The highest BCUT2D eigenvalue weighted by Gasteiger charge is 2.35. The Balaban J connectivity index is 2.30. The van der Waals surface area contributed by atoms with Crippen LogP contribution in [0.2, 0.25) is 0 Å². The number of anilines is 1. The minimum Gasteiger partial charge on any atom is -0.354 e. The predicted octanol–water partition coefficient (Wildman–Crippen LogP) is 1.27. The van der Waals surface area contributed by atoms with Gasteiger partial charge in [-0.1, -0.05) is 0 Å². The summed E-state index contributed by atoms with van der Waals surface area (Å²) in [7, 11) is 2.48. The molecule has 0 aliphatic rings. The highest BCUT2D eigenvalue weighted by Crippen LogP contribution is 2.29. The average molecular weight is 344 g/mol. The first-order valence-corrected chi connectivity index (χ1v) is 6.89. The lowest BCUT2D eigenvalue weighted by atomic mass is 10.3. The number of carbonyl (C=O) groups is 2. The predicted molar refractivity (Wildman–Crippen MR) is 77.5 cm³/mol. The Hall–Kier alpha value is -2.85. The zero-order valence-corrected chi connectivity index (χ0v) is 13.1. The van der Waals surface area contributed by atoms with Crippen LogP contribution in [0.5, 0.6) is 0 Å². The van der Waals surface area contributed by atoms with Crippen LogP contribution < -0.4 is 10.6 Å². The zero-order chi connectivity index (χ0) is 18.1. The Morgan fingerprint density at radius 2 is 1.92 bits per heavy atom. The Labute approximate surface area is 134 Å². The number of nitrogens with zero attached hydrogens (tertiary/aromatic N) is 4. The molecule has 2 rings (SSSR count). The van der Waals surface area contributed by atoms with Crippen LogP contribution in [0.3, 0.4) is 0 Å². The molecule has 2 aromatic heterocycles. The second kappa shape index (κ2) is 6.34. The fourth-order valence-electron chi connectivity index (χ4n) is 1.99. The van der Waals surface area contributed by atoms with Gasteiger partial charge in [0.25, 0.3) is 11.8 Å². The lowest BCUT2D eigenvalue weighted by Crippen LogP contribution is -2.21. The summed E-state index contributed by atoms with van der Waals surface area (Å²) in [5, 5.41) is 12.3. The third kappa shape index (κ3) is 3.39. The molecule has 2 N–H and O–H groups in total. The molecule has 2 amide bonds. The average Bonchev–Trinajstić information content (AvgIpc) is 3.09. The van der Waals surface area contributed by atoms with Crippen molar-refractivity contribution in [3.63, 3.8) is 0 Å². The number of aryl methyl sites for hydroxylation is 2. The summed E-state index contributed by atoms with van der Waals surface area (Å²) < 4.78 is 40.3. The van der Waals surface area contributed by atoms with E-state index < -0.39 is 29.4 Å². The minimum atomic E-state index is -4.62. The van der Waals surface area contributed by atoms with E-state index in [2.05, 4.69) is 20.8 Å². The van der Waals surface area contributed by atoms with Crippen LogP contribution in [0.25, 0.3) is 0 Å². The highest BCUT2D eigenvalue weighted by atomic mass is 19.4. The fourth-order valence-corrected chi connectivity index (χ4v) is 1.99. The number of aromatic nitrogens is 4. The van der Waals surface area contributed by atoms with Crippen molar-refractivity contribution in [3.8, 4) is 0 Å². The normalized spacial score (nSPS) is 11.4. The molecule has 0 aliphatic heterocycles. The smallest absolute Gasteiger partial charge is 0.354 e. The van der Waals surface area contributed by atoms with Gasteiger partial charge in [0, 0.05) is 32.9 Å². The van der Waals surface area contributed by atoms with Gasteiger partial charge in [0.15, 0.2) is 11.4 Å². The van der Waals surface area contributed by atoms with Crippen LogP contribution in [-0.4, -0.2) is 38.4 Å². The van der Waals surface area contributed by atoms with Crippen molar-refractivity contribution >= 4 is 17.5 Å². The van der Waals surface area contributed by atoms with E-state index in [-0.39, 0.29) is 11.4 Å². The number of rotatable bonds is 4. The molecule has 8 nitrogen and oxygen atoms in total. The van der Waals surface area contributed by atoms with Crippen LogP contribution >= 0.6 is 0 Å². The quantitative estimate of drug-likeness (QED) is 0.873. The van der Waals surface area contributed by atoms with Crippen molar-refractivity contribution in [1.82, 2.24) is 24.9 Å². The Kier molecular flexibility index (Phi) is 4.62. The van der Waals surface area contributed by atoms with Gasteiger partial charge in [0.1, 0.15) is 5.69 Å². The van der Waals surface area contributed by atoms with Crippen LogP contribution in [0, 0.1) is 0 Å². The lowest BCUT2D eigenvalue weighted by Gasteiger charge is -2.04. The molecule has 11 heteroatoms. The van der Waals surface area contributed by atoms with E-state index in [1.165, 1.54) is 17.9 Å². The summed E-state index contributed by atoms with van der Waals surface area (Å²) in [5.41, 5.74) is -1.43. The Morgan fingerprint density at radius 3 is 2.42 bits per heavy atom. The molecule has 0 aromatic carbocycles. The number of hydrogen-bond acceptors (Lipinski definition) is 4. The summed E-state index contributed by atoms with van der Waals surface area (Å²) in [4.78, 5) is 23.9. The van der Waals surface area contributed by atoms with Gasteiger partial charge in [-0.25, -0.2) is 0 Å². The maximum Gasteiger partial charge on any atom is 0.433 e. The fraction of sp³-hybridized carbons (Fsp3) is 0.385. The topological polar surface area (TPSA) is 93.8 Å². The van der Waals surface area contributed by atoms with Gasteiger partial charge in [0.05, 0.1) is 5.69 Å². The molecule has 2 aromatic rings. The molecule has 0 aliphatic carbocycles. The molecular formula is C13H15F3N6O2. The standard InChI is InChI=1S/C13H15F3N6O2/c1-4-22-6-8(10(20-22)12(24)17-2)18-11(23)7-5-9(13(14,15)16)21(3)19-7/h5-6H,4H2,1-3H3,(H,17,24)(H,18,23). The van der Waals surface area contributed by atoms with E-state index in [1.807, 2.05) is 0 Å². The Morgan fingerprint density at radius 1 is 1.25 bits per heavy atom. The van der Waals surface area contributed by atoms with Gasteiger partial charge < -0.3 is 10.6 Å². The molecule has 0 atom stereocenters. The molecule has 0 spiro atoms. The van der Waals surface area contributed by atoms with E-state index in [4.69, 9.17) is 0 Å². The van der Waals surface area contributed by atoms with Gasteiger partial charge in [-0.2, -0.15) is 23.4 Å². The highest BCUT2D eigenvalue weighted by molar-refractivity contribution is 6.07. The SMILES string of the molecule is CCn1cc(NC(=O)c2cc(C(F)(F)F)n(C)n2)c(C(=O)NC)n1. The number of alkyl halides is 3. The van der Waals surface area contributed by atoms with E-state index in [0.717, 1.165) is 7.05 Å². The number of halogens is 3. The summed E-state index contributed by atoms with van der Waals surface area (Å²) >= 11 is 0. The monoisotopic (exact) mass is 344 g/mol. The summed E-state index contributed by atoms with van der Waals surface area (Å²) in [6.07, 6.45) is -3.21. The second-order valence-corrected chi connectivity index (χ2v) is 4.82. The van der Waals surface area contributed by atoms with Crippen LogP contribution in [-0.2, 0) is 19.8 Å². The number of amides is 2. The van der Waals surface area contributed by atoms with Gasteiger partial charge >= 0.3 is 6.18 Å². The van der Waals surface area contributed by atoms with Crippen LogP contribution in [0.4, 0.5) is 18.9 Å². The van der Waals surface area contributed by atoms with Crippen molar-refractivity contribution in [2.24, 2.45) is 7.05 Å². The molecule has 0 saturated carbocycles. The molecule has 2 heterocycles. The summed E-state index contributed by atoms with van der Waals surface area (Å²) in [5.74, 6) is -1.41. The minimum absolute atomic E-state index is 0.0420. The Bertz CT molecular complexity index is 777. The molecular weight excluding hydrogens is 329 g/mol. The van der Waals surface area contributed by atoms with E-state index in [1.54, 1.807) is 6.92 Å². The van der Waals surface area contributed by atoms with Gasteiger partial charge in [0.2, 0.25) is 0 Å². The molecule has 0 radical (unpaired) electrons. The van der Waals surface area contributed by atoms with E-state index in [0.29, 0.717) is 17.3 Å². The number of carbonyl (C=O) groups excluding carboxylic acids is 2. The number of nitrogens with one attached hydrogen (secondary N) is 2. The first-order chi connectivity index (χ1) is 11.2. The second-order valence-electron chi connectivity index (χ2n) is 4.82. The number of hydrogen-bond donors (Lipinski definition) is 2. The van der Waals surface area contributed by atoms with Gasteiger partial charge in [-0.05, 0) is 6.92 Å². The first-order valence-electron chi connectivity index (χ1n) is 6.89. The van der Waals surface area contributed by atoms with Crippen molar-refractivity contribution < 1.29 is 22.8 Å². The van der Waals surface area contributed by atoms with E-state index >= 15 is 0 Å². The molecule has 0 saturated heterocycles. The van der Waals surface area contributed by atoms with Crippen molar-refractivity contribution in [2.75, 3.05) is 12.4 Å². The van der Waals surface area contributed by atoms with E-state index in [9.17, 15) is 22.8 Å². The maximum atomic E-state index is 12.8. The van der Waals surface area contributed by atoms with Crippen molar-refractivity contribution in [3.05, 3.63) is 29.3 Å². The molecule has 24 heavy (non-hydrogen) atoms. The van der Waals surface area contributed by atoms with Gasteiger partial charge in [-0.15, -0.1) is 0 Å². The maximum absolute atomic E-state index is 12.8. The van der Waals surface area contributed by atoms with Gasteiger partial charge in [-0.3, -0.25) is 19.0 Å². The summed E-state index contributed by atoms with van der Waals surface area (Å²) in [6, 6.07) is 0.638. The molecule has 0 fully saturated rings. The third-order valence-electron chi connectivity index (χ3n) is 3.18. The summed E-state index contributed by atoms with van der Waals surface area (Å²) in [6.45, 7) is 2.22. The lowest BCUT2D eigenvalue weighted by molar-refractivity contribution is -0.143. The zero-order valence-electron chi connectivity index (χ0n) is 13.1. The molecule has 130 valence electrons. The van der Waals surface area contributed by atoms with Crippen molar-refractivity contribution in [1.29, 1.82) is 0 Å².